The molecule has 0 unspecified atom stereocenters. The zero-order valence-electron chi connectivity index (χ0n) is 17.2. The lowest BCUT2D eigenvalue weighted by Crippen LogP contribution is -2.43. The van der Waals surface area contributed by atoms with E-state index in [1.54, 1.807) is 11.3 Å². The van der Waals surface area contributed by atoms with Gasteiger partial charge in [-0.1, -0.05) is 42.5 Å². The van der Waals surface area contributed by atoms with Gasteiger partial charge in [0.15, 0.2) is 0 Å². The van der Waals surface area contributed by atoms with Crippen molar-refractivity contribution < 1.29 is 0 Å². The molecule has 1 aliphatic heterocycles. The highest BCUT2D eigenvalue weighted by atomic mass is 32.1. The molecule has 0 atom stereocenters. The van der Waals surface area contributed by atoms with Crippen molar-refractivity contribution in [1.82, 2.24) is 19.6 Å². The van der Waals surface area contributed by atoms with Crippen LogP contribution in [0, 0.1) is 0 Å². The van der Waals surface area contributed by atoms with Crippen LogP contribution in [0.4, 0.5) is 0 Å². The van der Waals surface area contributed by atoms with E-state index in [4.69, 9.17) is 5.10 Å². The average molecular weight is 415 g/mol. The van der Waals surface area contributed by atoms with Crippen LogP contribution in [-0.4, -0.2) is 52.8 Å². The normalized spacial score (nSPS) is 15.5. The minimum Gasteiger partial charge on any atom is -0.304 e. The zero-order valence-corrected chi connectivity index (χ0v) is 18.1. The molecular formula is C25H26N4S. The maximum Gasteiger partial charge on any atom is 0.0786 e. The maximum absolute atomic E-state index is 4.82. The first-order chi connectivity index (χ1) is 14.8. The molecule has 3 heterocycles. The van der Waals surface area contributed by atoms with Crippen LogP contribution in [0.3, 0.4) is 0 Å². The number of aromatic nitrogens is 2. The number of thiophene rings is 1. The molecule has 2 aromatic carbocycles. The first-order valence-electron chi connectivity index (χ1n) is 10.4. The predicted molar refractivity (Wildman–Crippen MR) is 125 cm³/mol. The largest absolute Gasteiger partial charge is 0.304 e. The number of piperazine rings is 1. The minimum atomic E-state index is 0.936. The fraction of sp³-hybridized carbons (Fsp3) is 0.240. The minimum absolute atomic E-state index is 0.936. The smallest absolute Gasteiger partial charge is 0.0786 e. The van der Waals surface area contributed by atoms with E-state index in [2.05, 4.69) is 93.0 Å². The van der Waals surface area contributed by atoms with Crippen molar-refractivity contribution in [2.75, 3.05) is 33.2 Å². The van der Waals surface area contributed by atoms with Gasteiger partial charge in [0.05, 0.1) is 17.6 Å². The molecule has 30 heavy (non-hydrogen) atoms. The second-order valence-electron chi connectivity index (χ2n) is 7.93. The Balaban J connectivity index is 1.49. The summed E-state index contributed by atoms with van der Waals surface area (Å²) in [6.45, 7) is 5.39. The van der Waals surface area contributed by atoms with Crippen LogP contribution in [-0.2, 0) is 6.54 Å². The third kappa shape index (κ3) is 3.97. The van der Waals surface area contributed by atoms with Crippen molar-refractivity contribution in [3.05, 3.63) is 83.2 Å². The highest BCUT2D eigenvalue weighted by Crippen LogP contribution is 2.29. The summed E-state index contributed by atoms with van der Waals surface area (Å²) in [5.41, 5.74) is 7.29. The molecule has 152 valence electrons. The van der Waals surface area contributed by atoms with E-state index < -0.39 is 0 Å². The summed E-state index contributed by atoms with van der Waals surface area (Å²) >= 11 is 1.73. The summed E-state index contributed by atoms with van der Waals surface area (Å²) in [4.78, 5) is 4.93. The average Bonchev–Trinajstić information content (AvgIpc) is 3.47. The van der Waals surface area contributed by atoms with Gasteiger partial charge in [0.1, 0.15) is 0 Å². The first kappa shape index (κ1) is 19.2. The molecule has 1 aliphatic rings. The molecule has 0 spiro atoms. The number of hydrogen-bond acceptors (Lipinski definition) is 4. The number of rotatable bonds is 5. The van der Waals surface area contributed by atoms with Crippen LogP contribution in [0.15, 0.2) is 77.6 Å². The van der Waals surface area contributed by atoms with E-state index in [1.165, 1.54) is 27.9 Å². The summed E-state index contributed by atoms with van der Waals surface area (Å²) in [5, 5.41) is 9.12. The van der Waals surface area contributed by atoms with Crippen molar-refractivity contribution in [3.63, 3.8) is 0 Å². The van der Waals surface area contributed by atoms with Gasteiger partial charge in [-0.2, -0.15) is 16.4 Å². The van der Waals surface area contributed by atoms with Crippen LogP contribution in [0.5, 0.6) is 0 Å². The highest BCUT2D eigenvalue weighted by molar-refractivity contribution is 7.08. The van der Waals surface area contributed by atoms with Gasteiger partial charge in [0, 0.05) is 43.9 Å². The van der Waals surface area contributed by atoms with Crippen molar-refractivity contribution >= 4 is 11.3 Å². The van der Waals surface area contributed by atoms with Crippen LogP contribution < -0.4 is 0 Å². The molecule has 0 aliphatic carbocycles. The topological polar surface area (TPSA) is 24.3 Å². The van der Waals surface area contributed by atoms with E-state index in [1.807, 2.05) is 6.20 Å². The third-order valence-electron chi connectivity index (χ3n) is 5.85. The molecule has 2 aromatic heterocycles. The number of benzene rings is 2. The Morgan fingerprint density at radius 3 is 2.30 bits per heavy atom. The summed E-state index contributed by atoms with van der Waals surface area (Å²) in [5.74, 6) is 0. The second kappa shape index (κ2) is 8.56. The van der Waals surface area contributed by atoms with E-state index in [0.717, 1.165) is 38.4 Å². The Kier molecular flexibility index (Phi) is 5.49. The SMILES string of the molecule is CN1CCN(Cc2cnn(-c3ccc(-c4ccsc4)cc3)c2-c2ccccc2)CC1. The second-order valence-corrected chi connectivity index (χ2v) is 8.71. The van der Waals surface area contributed by atoms with Gasteiger partial charge >= 0.3 is 0 Å². The lowest BCUT2D eigenvalue weighted by atomic mass is 10.1. The predicted octanol–water partition coefficient (Wildman–Crippen LogP) is 5.02. The van der Waals surface area contributed by atoms with Crippen LogP contribution in [0.2, 0.25) is 0 Å². The maximum atomic E-state index is 4.82. The number of nitrogens with zero attached hydrogens (tertiary/aromatic N) is 4. The van der Waals surface area contributed by atoms with Crippen molar-refractivity contribution in [1.29, 1.82) is 0 Å². The van der Waals surface area contributed by atoms with Gasteiger partial charge in [-0.25, -0.2) is 4.68 Å². The lowest BCUT2D eigenvalue weighted by Gasteiger charge is -2.32. The van der Waals surface area contributed by atoms with Crippen LogP contribution >= 0.6 is 11.3 Å². The lowest BCUT2D eigenvalue weighted by molar-refractivity contribution is 0.148. The van der Waals surface area contributed by atoms with E-state index >= 15 is 0 Å². The quantitative estimate of drug-likeness (QED) is 0.459. The van der Waals surface area contributed by atoms with E-state index in [0.29, 0.717) is 0 Å². The van der Waals surface area contributed by atoms with Crippen LogP contribution in [0.1, 0.15) is 5.56 Å². The molecule has 0 saturated carbocycles. The molecular weight excluding hydrogens is 388 g/mol. The fourth-order valence-corrected chi connectivity index (χ4v) is 4.73. The summed E-state index contributed by atoms with van der Waals surface area (Å²) in [7, 11) is 2.20. The fourth-order valence-electron chi connectivity index (χ4n) is 4.07. The summed E-state index contributed by atoms with van der Waals surface area (Å²) in [6.07, 6.45) is 2.05. The molecule has 1 fully saturated rings. The van der Waals surface area contributed by atoms with Gasteiger partial charge in [-0.15, -0.1) is 0 Å². The molecule has 1 saturated heterocycles. The molecule has 5 rings (SSSR count). The molecule has 0 amide bonds. The van der Waals surface area contributed by atoms with Crippen molar-refractivity contribution in [2.24, 2.45) is 0 Å². The Labute approximate surface area is 182 Å². The Bertz CT molecular complexity index is 1080. The Hall–Kier alpha value is -2.73. The monoisotopic (exact) mass is 414 g/mol. The number of likely N-dealkylation sites (N-methyl/N-ethyl adjacent to an activating group) is 1. The third-order valence-corrected chi connectivity index (χ3v) is 6.53. The van der Waals surface area contributed by atoms with Gasteiger partial charge < -0.3 is 4.90 Å². The summed E-state index contributed by atoms with van der Waals surface area (Å²) < 4.78 is 2.10. The molecule has 5 heteroatoms. The molecule has 4 nitrogen and oxygen atoms in total. The molecule has 0 bridgehead atoms. The zero-order chi connectivity index (χ0) is 20.3. The summed E-state index contributed by atoms with van der Waals surface area (Å²) in [6, 6.07) is 21.5. The van der Waals surface area contributed by atoms with Gasteiger partial charge in [0.25, 0.3) is 0 Å². The molecule has 4 aromatic rings. The van der Waals surface area contributed by atoms with Gasteiger partial charge in [0.2, 0.25) is 0 Å². The Morgan fingerprint density at radius 1 is 0.833 bits per heavy atom. The highest BCUT2D eigenvalue weighted by Gasteiger charge is 2.19. The molecule has 0 radical (unpaired) electrons. The standard InChI is InChI=1S/C25H26N4S/c1-27-12-14-28(15-13-27)18-23-17-26-29(25(23)21-5-3-2-4-6-21)24-9-7-20(8-10-24)22-11-16-30-19-22/h2-11,16-17,19H,12-15,18H2,1H3. The van der Waals surface area contributed by atoms with Crippen LogP contribution in [0.25, 0.3) is 28.1 Å². The Morgan fingerprint density at radius 2 is 1.60 bits per heavy atom. The number of hydrogen-bond donors (Lipinski definition) is 0. The van der Waals surface area contributed by atoms with Crippen molar-refractivity contribution in [2.45, 2.75) is 6.54 Å². The first-order valence-corrected chi connectivity index (χ1v) is 11.4. The van der Waals surface area contributed by atoms with Gasteiger partial charge in [-0.3, -0.25) is 4.90 Å². The molecule has 0 N–H and O–H groups in total. The van der Waals surface area contributed by atoms with E-state index in [-0.39, 0.29) is 0 Å². The van der Waals surface area contributed by atoms with Gasteiger partial charge in [-0.05, 0) is 47.1 Å². The van der Waals surface area contributed by atoms with E-state index in [9.17, 15) is 0 Å². The van der Waals surface area contributed by atoms with Crippen molar-refractivity contribution in [3.8, 4) is 28.1 Å².